The fourth-order valence-corrected chi connectivity index (χ4v) is 1.79. The zero-order valence-corrected chi connectivity index (χ0v) is 7.14. The number of hydrogen-bond acceptors (Lipinski definition) is 2. The maximum absolute atomic E-state index is 11.0. The Morgan fingerprint density at radius 2 is 2.30 bits per heavy atom. The van der Waals surface area contributed by atoms with Crippen molar-refractivity contribution in [2.24, 2.45) is 5.92 Å². The maximum atomic E-state index is 11.0. The summed E-state index contributed by atoms with van der Waals surface area (Å²) in [6, 6.07) is 1.92. The van der Waals surface area contributed by atoms with E-state index in [9.17, 15) is 4.57 Å². The van der Waals surface area contributed by atoms with Crippen molar-refractivity contribution in [2.45, 2.75) is 13.8 Å². The molecule has 0 spiro atoms. The Morgan fingerprint density at radius 1 is 1.80 bits per heavy atom. The average molecular weight is 161 g/mol. The van der Waals surface area contributed by atoms with Crippen molar-refractivity contribution < 1.29 is 9.46 Å². The first-order valence-electron chi connectivity index (χ1n) is 3.22. The first-order chi connectivity index (χ1) is 4.52. The fraction of sp³-hybridized carbons (Fsp3) is 0.833. The Morgan fingerprint density at radius 3 is 2.60 bits per heavy atom. The van der Waals surface area contributed by atoms with Crippen molar-refractivity contribution in [3.63, 3.8) is 0 Å². The standard InChI is InChI=1S/C6H12NO2P/c1-3-10(8,9)5-6(2)4-7/h6H,3,5H2,1-2H3,(H,8,9)/t6-/m1/s1. The van der Waals surface area contributed by atoms with E-state index in [1.165, 1.54) is 0 Å². The summed E-state index contributed by atoms with van der Waals surface area (Å²) in [5.41, 5.74) is 0. The molecule has 1 unspecified atom stereocenters. The molecule has 0 amide bonds. The molecule has 0 fully saturated rings. The van der Waals surface area contributed by atoms with E-state index < -0.39 is 7.37 Å². The minimum absolute atomic E-state index is 0.125. The topological polar surface area (TPSA) is 61.1 Å². The molecule has 58 valence electrons. The monoisotopic (exact) mass is 161 g/mol. The minimum Gasteiger partial charge on any atom is -0.344 e. The van der Waals surface area contributed by atoms with Crippen molar-refractivity contribution in [1.29, 1.82) is 5.26 Å². The summed E-state index contributed by atoms with van der Waals surface area (Å²) in [6.07, 6.45) is 0.388. The Balaban J connectivity index is 3.92. The third kappa shape index (κ3) is 3.66. The molecular formula is C6H12NO2P. The van der Waals surface area contributed by atoms with Crippen molar-refractivity contribution in [3.8, 4) is 6.07 Å². The van der Waals surface area contributed by atoms with E-state index in [0.29, 0.717) is 0 Å². The van der Waals surface area contributed by atoms with Crippen molar-refractivity contribution >= 4 is 7.37 Å². The molecule has 0 aromatic rings. The van der Waals surface area contributed by atoms with Gasteiger partial charge in [-0.05, 0) is 6.92 Å². The molecule has 0 rings (SSSR count). The van der Waals surface area contributed by atoms with Crippen LogP contribution in [-0.4, -0.2) is 17.2 Å². The molecule has 1 N–H and O–H groups in total. The van der Waals surface area contributed by atoms with Gasteiger partial charge >= 0.3 is 0 Å². The minimum atomic E-state index is -2.97. The van der Waals surface area contributed by atoms with E-state index in [0.717, 1.165) is 0 Å². The zero-order valence-electron chi connectivity index (χ0n) is 6.24. The second-order valence-electron chi connectivity index (χ2n) is 2.38. The second-order valence-corrected chi connectivity index (χ2v) is 5.07. The summed E-state index contributed by atoms with van der Waals surface area (Å²) < 4.78 is 11.0. The van der Waals surface area contributed by atoms with Crippen LogP contribution in [0.5, 0.6) is 0 Å². The molecule has 0 aromatic carbocycles. The van der Waals surface area contributed by atoms with Crippen LogP contribution in [0, 0.1) is 17.2 Å². The third-order valence-corrected chi connectivity index (χ3v) is 3.38. The van der Waals surface area contributed by atoms with Crippen molar-refractivity contribution in [1.82, 2.24) is 0 Å². The lowest BCUT2D eigenvalue weighted by molar-refractivity contribution is 0.474. The van der Waals surface area contributed by atoms with Crippen LogP contribution < -0.4 is 0 Å². The Hall–Kier alpha value is -0.320. The van der Waals surface area contributed by atoms with E-state index >= 15 is 0 Å². The number of rotatable bonds is 3. The molecule has 2 atom stereocenters. The fourth-order valence-electron chi connectivity index (χ4n) is 0.598. The van der Waals surface area contributed by atoms with Gasteiger partial charge in [0, 0.05) is 12.3 Å². The highest BCUT2D eigenvalue weighted by Gasteiger charge is 2.18. The quantitative estimate of drug-likeness (QED) is 0.637. The molecule has 0 aliphatic rings. The first kappa shape index (κ1) is 9.68. The lowest BCUT2D eigenvalue weighted by Crippen LogP contribution is -2.00. The highest BCUT2D eigenvalue weighted by molar-refractivity contribution is 7.57. The molecular weight excluding hydrogens is 149 g/mol. The first-order valence-corrected chi connectivity index (χ1v) is 5.25. The van der Waals surface area contributed by atoms with Crippen LogP contribution in [0.1, 0.15) is 13.8 Å². The van der Waals surface area contributed by atoms with Crippen LogP contribution in [0.15, 0.2) is 0 Å². The van der Waals surface area contributed by atoms with Gasteiger partial charge in [0.15, 0.2) is 0 Å². The molecule has 10 heavy (non-hydrogen) atoms. The van der Waals surface area contributed by atoms with Gasteiger partial charge in [-0.25, -0.2) is 0 Å². The van der Waals surface area contributed by atoms with Crippen molar-refractivity contribution in [2.75, 3.05) is 12.3 Å². The van der Waals surface area contributed by atoms with Gasteiger partial charge in [-0.1, -0.05) is 6.92 Å². The van der Waals surface area contributed by atoms with Gasteiger partial charge < -0.3 is 4.89 Å². The number of hydrogen-bond donors (Lipinski definition) is 1. The SMILES string of the molecule is CCP(=O)(O)C[C@H](C)C#N. The molecule has 0 saturated heterocycles. The van der Waals surface area contributed by atoms with Crippen LogP contribution >= 0.6 is 7.37 Å². The third-order valence-electron chi connectivity index (χ3n) is 1.27. The Labute approximate surface area is 61.1 Å². The molecule has 0 bridgehead atoms. The normalized spacial score (nSPS) is 19.0. The Kier molecular flexibility index (Phi) is 3.63. The van der Waals surface area contributed by atoms with E-state index in [4.69, 9.17) is 10.2 Å². The number of nitrogens with zero attached hydrogens (tertiary/aromatic N) is 1. The highest BCUT2D eigenvalue weighted by atomic mass is 31.2. The van der Waals surface area contributed by atoms with Gasteiger partial charge in [0.1, 0.15) is 0 Å². The predicted octanol–water partition coefficient (Wildman–Crippen LogP) is 1.44. The maximum Gasteiger partial charge on any atom is 0.201 e. The molecule has 0 aliphatic heterocycles. The average Bonchev–Trinajstić information content (AvgIpc) is 1.87. The molecule has 0 saturated carbocycles. The van der Waals surface area contributed by atoms with Crippen LogP contribution in [0.3, 0.4) is 0 Å². The largest absolute Gasteiger partial charge is 0.344 e. The molecule has 0 heterocycles. The smallest absolute Gasteiger partial charge is 0.201 e. The zero-order chi connectivity index (χ0) is 8.20. The van der Waals surface area contributed by atoms with Gasteiger partial charge in [-0.3, -0.25) is 4.57 Å². The van der Waals surface area contributed by atoms with Crippen molar-refractivity contribution in [3.05, 3.63) is 0 Å². The molecule has 0 aromatic heterocycles. The lowest BCUT2D eigenvalue weighted by Gasteiger charge is -2.08. The van der Waals surface area contributed by atoms with Crippen LogP contribution in [0.25, 0.3) is 0 Å². The summed E-state index contributed by atoms with van der Waals surface area (Å²) >= 11 is 0. The van der Waals surface area contributed by atoms with Gasteiger partial charge in [0.25, 0.3) is 0 Å². The van der Waals surface area contributed by atoms with Gasteiger partial charge in [0.05, 0.1) is 12.0 Å². The van der Waals surface area contributed by atoms with Gasteiger partial charge in [0.2, 0.25) is 7.37 Å². The summed E-state index contributed by atoms with van der Waals surface area (Å²) in [4.78, 5) is 9.03. The molecule has 3 nitrogen and oxygen atoms in total. The predicted molar refractivity (Wildman–Crippen MR) is 40.0 cm³/mol. The van der Waals surface area contributed by atoms with E-state index in [2.05, 4.69) is 0 Å². The van der Waals surface area contributed by atoms with Gasteiger partial charge in [-0.2, -0.15) is 5.26 Å². The molecule has 4 heteroatoms. The Bertz CT molecular complexity index is 185. The van der Waals surface area contributed by atoms with Gasteiger partial charge in [-0.15, -0.1) is 0 Å². The van der Waals surface area contributed by atoms with Crippen LogP contribution in [-0.2, 0) is 4.57 Å². The summed E-state index contributed by atoms with van der Waals surface area (Å²) in [5.74, 6) is -0.309. The second kappa shape index (κ2) is 3.75. The van der Waals surface area contributed by atoms with Crippen LogP contribution in [0.4, 0.5) is 0 Å². The highest BCUT2D eigenvalue weighted by Crippen LogP contribution is 2.41. The van der Waals surface area contributed by atoms with E-state index in [1.54, 1.807) is 13.8 Å². The van der Waals surface area contributed by atoms with E-state index in [1.807, 2.05) is 6.07 Å². The number of nitriles is 1. The lowest BCUT2D eigenvalue weighted by atomic mass is 10.3. The summed E-state index contributed by atoms with van der Waals surface area (Å²) in [7, 11) is -2.97. The van der Waals surface area contributed by atoms with Crippen LogP contribution in [0.2, 0.25) is 0 Å². The molecule has 0 radical (unpaired) electrons. The summed E-state index contributed by atoms with van der Waals surface area (Å²) in [5, 5.41) is 8.31. The summed E-state index contributed by atoms with van der Waals surface area (Å²) in [6.45, 7) is 3.31. The molecule has 0 aliphatic carbocycles. The van der Waals surface area contributed by atoms with E-state index in [-0.39, 0.29) is 18.2 Å².